The molecule has 1 aromatic heterocycles. The van der Waals surface area contributed by atoms with Gasteiger partial charge in [0.1, 0.15) is 17.6 Å². The Hall–Kier alpha value is -1.33. The number of nitrogens with zero attached hydrogens (tertiary/aromatic N) is 2. The van der Waals surface area contributed by atoms with Gasteiger partial charge in [-0.2, -0.15) is 0 Å². The fourth-order valence-corrected chi connectivity index (χ4v) is 2.45. The van der Waals surface area contributed by atoms with Crippen LogP contribution in [0.15, 0.2) is 16.5 Å². The molecule has 1 aliphatic heterocycles. The van der Waals surface area contributed by atoms with E-state index >= 15 is 0 Å². The van der Waals surface area contributed by atoms with Crippen LogP contribution in [-0.4, -0.2) is 53.6 Å². The van der Waals surface area contributed by atoms with Gasteiger partial charge >= 0.3 is 5.97 Å². The Morgan fingerprint density at radius 1 is 1.42 bits per heavy atom. The van der Waals surface area contributed by atoms with Crippen LogP contribution in [0.4, 0.5) is 0 Å². The van der Waals surface area contributed by atoms with E-state index in [2.05, 4.69) is 11.8 Å². The number of carboxylic acid groups (broad SMARTS) is 1. The minimum atomic E-state index is -0.752. The molecular weight excluding hydrogens is 244 g/mol. The highest BCUT2D eigenvalue weighted by Crippen LogP contribution is 2.15. The van der Waals surface area contributed by atoms with Crippen LogP contribution in [0, 0.1) is 0 Å². The largest absolute Gasteiger partial charge is 0.480 e. The lowest BCUT2D eigenvalue weighted by Gasteiger charge is -2.36. The van der Waals surface area contributed by atoms with Gasteiger partial charge in [0.25, 0.3) is 0 Å². The predicted octanol–water partition coefficient (Wildman–Crippen LogP) is 1.43. The number of likely N-dealkylation sites (N-methyl/N-ethyl adjacent to an activating group) is 1. The summed E-state index contributed by atoms with van der Waals surface area (Å²) in [6, 6.07) is 3.60. The van der Waals surface area contributed by atoms with E-state index in [0.29, 0.717) is 13.1 Å². The topological polar surface area (TPSA) is 56.9 Å². The van der Waals surface area contributed by atoms with Crippen molar-refractivity contribution >= 4 is 5.97 Å². The summed E-state index contributed by atoms with van der Waals surface area (Å²) >= 11 is 0. The molecule has 19 heavy (non-hydrogen) atoms. The SMILES string of the molecule is CCCc1ccc(CN2CCN(C)[C@H](C(=O)O)C2)o1. The second-order valence-corrected chi connectivity index (χ2v) is 5.19. The smallest absolute Gasteiger partial charge is 0.322 e. The minimum Gasteiger partial charge on any atom is -0.480 e. The molecule has 5 nitrogen and oxygen atoms in total. The number of rotatable bonds is 5. The Balaban J connectivity index is 1.93. The van der Waals surface area contributed by atoms with Crippen molar-refractivity contribution in [1.29, 1.82) is 0 Å². The molecule has 1 aromatic rings. The standard InChI is InChI=1S/C14H22N2O3/c1-3-4-11-5-6-12(19-11)9-16-8-7-15(2)13(10-16)14(17)18/h5-6,13H,3-4,7-10H2,1-2H3,(H,17,18)/t13-/m0/s1. The van der Waals surface area contributed by atoms with Gasteiger partial charge in [0.05, 0.1) is 6.54 Å². The molecule has 0 bridgehead atoms. The number of hydrogen-bond acceptors (Lipinski definition) is 4. The molecule has 0 radical (unpaired) electrons. The van der Waals surface area contributed by atoms with Gasteiger partial charge in [0.15, 0.2) is 0 Å². The fourth-order valence-electron chi connectivity index (χ4n) is 2.45. The lowest BCUT2D eigenvalue weighted by molar-refractivity contribution is -0.145. The van der Waals surface area contributed by atoms with Crippen LogP contribution in [0.2, 0.25) is 0 Å². The van der Waals surface area contributed by atoms with E-state index in [0.717, 1.165) is 37.5 Å². The van der Waals surface area contributed by atoms with Crippen LogP contribution < -0.4 is 0 Å². The Bertz CT molecular complexity index is 430. The number of carbonyl (C=O) groups is 1. The van der Waals surface area contributed by atoms with Crippen molar-refractivity contribution in [3.8, 4) is 0 Å². The number of aliphatic carboxylic acids is 1. The zero-order valence-corrected chi connectivity index (χ0v) is 11.6. The van der Waals surface area contributed by atoms with Crippen molar-refractivity contribution in [2.75, 3.05) is 26.7 Å². The molecule has 1 fully saturated rings. The first-order chi connectivity index (χ1) is 9.10. The van der Waals surface area contributed by atoms with E-state index in [1.165, 1.54) is 0 Å². The highest BCUT2D eigenvalue weighted by Gasteiger charge is 2.29. The molecule has 0 aromatic carbocycles. The highest BCUT2D eigenvalue weighted by atomic mass is 16.4. The molecule has 1 N–H and O–H groups in total. The van der Waals surface area contributed by atoms with Gasteiger partial charge < -0.3 is 9.52 Å². The Morgan fingerprint density at radius 3 is 2.84 bits per heavy atom. The molecule has 1 saturated heterocycles. The molecule has 0 saturated carbocycles. The quantitative estimate of drug-likeness (QED) is 0.873. The van der Waals surface area contributed by atoms with Crippen LogP contribution in [0.3, 0.4) is 0 Å². The molecule has 5 heteroatoms. The van der Waals surface area contributed by atoms with Crippen LogP contribution in [0.1, 0.15) is 24.9 Å². The summed E-state index contributed by atoms with van der Waals surface area (Å²) in [4.78, 5) is 15.2. The van der Waals surface area contributed by atoms with Gasteiger partial charge in [-0.05, 0) is 25.6 Å². The highest BCUT2D eigenvalue weighted by molar-refractivity contribution is 5.73. The summed E-state index contributed by atoms with van der Waals surface area (Å²) in [5.74, 6) is 1.19. The maximum Gasteiger partial charge on any atom is 0.322 e. The summed E-state index contributed by atoms with van der Waals surface area (Å²) in [5.41, 5.74) is 0. The van der Waals surface area contributed by atoms with Crippen molar-refractivity contribution in [3.63, 3.8) is 0 Å². The monoisotopic (exact) mass is 266 g/mol. The van der Waals surface area contributed by atoms with Crippen molar-refractivity contribution in [3.05, 3.63) is 23.7 Å². The molecule has 0 aliphatic carbocycles. The van der Waals surface area contributed by atoms with Crippen molar-refractivity contribution in [2.24, 2.45) is 0 Å². The average Bonchev–Trinajstić information content (AvgIpc) is 2.79. The molecular formula is C14H22N2O3. The van der Waals surface area contributed by atoms with E-state index in [1.807, 2.05) is 24.1 Å². The fraction of sp³-hybridized carbons (Fsp3) is 0.643. The summed E-state index contributed by atoms with van der Waals surface area (Å²) in [5, 5.41) is 9.17. The van der Waals surface area contributed by atoms with Crippen LogP contribution in [0.25, 0.3) is 0 Å². The lowest BCUT2D eigenvalue weighted by Crippen LogP contribution is -2.54. The van der Waals surface area contributed by atoms with E-state index < -0.39 is 12.0 Å². The van der Waals surface area contributed by atoms with Crippen LogP contribution >= 0.6 is 0 Å². The number of aryl methyl sites for hydroxylation is 1. The van der Waals surface area contributed by atoms with Gasteiger partial charge in [-0.25, -0.2) is 0 Å². The van der Waals surface area contributed by atoms with Crippen molar-refractivity contribution < 1.29 is 14.3 Å². The van der Waals surface area contributed by atoms with Gasteiger partial charge in [-0.3, -0.25) is 14.6 Å². The summed E-state index contributed by atoms with van der Waals surface area (Å²) < 4.78 is 5.75. The molecule has 0 unspecified atom stereocenters. The Labute approximate surface area is 113 Å². The third-order valence-electron chi connectivity index (χ3n) is 3.61. The van der Waals surface area contributed by atoms with Crippen molar-refractivity contribution in [2.45, 2.75) is 32.4 Å². The molecule has 1 atom stereocenters. The molecule has 2 rings (SSSR count). The summed E-state index contributed by atoms with van der Waals surface area (Å²) in [7, 11) is 1.86. The lowest BCUT2D eigenvalue weighted by atomic mass is 10.2. The maximum atomic E-state index is 11.2. The minimum absolute atomic E-state index is 0.418. The molecule has 106 valence electrons. The molecule has 2 heterocycles. The van der Waals surface area contributed by atoms with Gasteiger partial charge in [-0.1, -0.05) is 6.92 Å². The van der Waals surface area contributed by atoms with E-state index in [1.54, 1.807) is 0 Å². The zero-order valence-electron chi connectivity index (χ0n) is 11.6. The molecule has 0 spiro atoms. The van der Waals surface area contributed by atoms with Gasteiger partial charge in [-0.15, -0.1) is 0 Å². The summed E-state index contributed by atoms with van der Waals surface area (Å²) in [6.07, 6.45) is 2.03. The first-order valence-corrected chi connectivity index (χ1v) is 6.83. The maximum absolute atomic E-state index is 11.2. The molecule has 1 aliphatic rings. The number of furan rings is 1. The second-order valence-electron chi connectivity index (χ2n) is 5.19. The van der Waals surface area contributed by atoms with Gasteiger partial charge in [0, 0.05) is 26.1 Å². The normalized spacial score (nSPS) is 21.7. The number of carboxylic acids is 1. The number of hydrogen-bond donors (Lipinski definition) is 1. The Morgan fingerprint density at radius 2 is 2.16 bits per heavy atom. The van der Waals surface area contributed by atoms with Crippen molar-refractivity contribution in [1.82, 2.24) is 9.80 Å². The van der Waals surface area contributed by atoms with E-state index in [4.69, 9.17) is 4.42 Å². The van der Waals surface area contributed by atoms with Crippen LogP contribution in [-0.2, 0) is 17.8 Å². The first kappa shape index (κ1) is 14.1. The molecule has 0 amide bonds. The third kappa shape index (κ3) is 3.58. The predicted molar refractivity (Wildman–Crippen MR) is 72.0 cm³/mol. The second kappa shape index (κ2) is 6.21. The third-order valence-corrected chi connectivity index (χ3v) is 3.61. The number of piperazine rings is 1. The van der Waals surface area contributed by atoms with E-state index in [9.17, 15) is 9.90 Å². The van der Waals surface area contributed by atoms with E-state index in [-0.39, 0.29) is 0 Å². The summed E-state index contributed by atoms with van der Waals surface area (Å²) in [6.45, 7) is 5.03. The zero-order chi connectivity index (χ0) is 13.8. The first-order valence-electron chi connectivity index (χ1n) is 6.83. The van der Waals surface area contributed by atoms with Gasteiger partial charge in [0.2, 0.25) is 0 Å². The Kier molecular flexibility index (Phi) is 4.61. The van der Waals surface area contributed by atoms with Crippen LogP contribution in [0.5, 0.6) is 0 Å². The average molecular weight is 266 g/mol.